The van der Waals surface area contributed by atoms with Crippen molar-refractivity contribution in [2.45, 2.75) is 45.1 Å². The highest BCUT2D eigenvalue weighted by molar-refractivity contribution is 6.35. The van der Waals surface area contributed by atoms with E-state index in [2.05, 4.69) is 9.58 Å². The van der Waals surface area contributed by atoms with Crippen LogP contribution in [0.3, 0.4) is 0 Å². The van der Waals surface area contributed by atoms with E-state index in [1.807, 2.05) is 48.3 Å². The Labute approximate surface area is 231 Å². The van der Waals surface area contributed by atoms with Gasteiger partial charge in [0.2, 0.25) is 0 Å². The second-order valence-electron chi connectivity index (χ2n) is 10.6. The van der Waals surface area contributed by atoms with Crippen LogP contribution in [0.25, 0.3) is 16.9 Å². The molecule has 3 aliphatic heterocycles. The topological polar surface area (TPSA) is 31.7 Å². The fraction of sp³-hybridized carbons (Fsp3) is 0.414. The van der Waals surface area contributed by atoms with E-state index < -0.39 is 5.92 Å². The zero-order chi connectivity index (χ0) is 26.6. The average molecular weight is 559 g/mol. The maximum absolute atomic E-state index is 13.9. The molecule has 9 heteroatoms. The number of benzene rings is 2. The number of carbonyl (C=O) groups excluding carboxylic acids is 1. The van der Waals surface area contributed by atoms with E-state index >= 15 is 0 Å². The number of alkyl halides is 2. The molecular formula is C29H30Cl2F2N4O. The number of nitrogens with zero attached hydrogens (tertiary/aromatic N) is 4. The molecule has 0 aliphatic carbocycles. The maximum Gasteiger partial charge on any atom is 0.272 e. The van der Waals surface area contributed by atoms with Gasteiger partial charge in [0.15, 0.2) is 0 Å². The lowest BCUT2D eigenvalue weighted by molar-refractivity contribution is -0.133. The number of hydrogen-bond acceptors (Lipinski definition) is 3. The van der Waals surface area contributed by atoms with Gasteiger partial charge >= 0.3 is 0 Å². The minimum atomic E-state index is -2.58. The third kappa shape index (κ3) is 4.64. The molecule has 2 aromatic carbocycles. The summed E-state index contributed by atoms with van der Waals surface area (Å²) in [6, 6.07) is 13.4. The second-order valence-corrected chi connectivity index (χ2v) is 11.5. The SMILES string of the molecule is Cc1c2c(n(-c3ccc(Cl)cc3Cl)c1-c1ccc(CN3CC(F)(F)C3)cc1)CCN(N1CCCCC1)C2=O. The maximum atomic E-state index is 13.9. The Hall–Kier alpha value is -2.45. The van der Waals surface area contributed by atoms with Crippen molar-refractivity contribution < 1.29 is 13.6 Å². The number of rotatable bonds is 5. The number of likely N-dealkylation sites (tertiary alicyclic amines) is 1. The first-order valence-corrected chi connectivity index (χ1v) is 13.9. The van der Waals surface area contributed by atoms with Crippen molar-refractivity contribution in [2.75, 3.05) is 32.7 Å². The molecule has 0 radical (unpaired) electrons. The van der Waals surface area contributed by atoms with E-state index in [-0.39, 0.29) is 19.0 Å². The number of carbonyl (C=O) groups is 1. The van der Waals surface area contributed by atoms with Crippen LogP contribution < -0.4 is 0 Å². The molecule has 5 nitrogen and oxygen atoms in total. The molecule has 0 bridgehead atoms. The average Bonchev–Trinajstić information content (AvgIpc) is 3.17. The normalized spacial score (nSPS) is 19.9. The van der Waals surface area contributed by atoms with Crippen LogP contribution in [0.4, 0.5) is 8.78 Å². The lowest BCUT2D eigenvalue weighted by Crippen LogP contribution is -2.55. The molecular weight excluding hydrogens is 529 g/mol. The van der Waals surface area contributed by atoms with Gasteiger partial charge < -0.3 is 4.57 Å². The highest BCUT2D eigenvalue weighted by atomic mass is 35.5. The molecule has 1 amide bonds. The minimum absolute atomic E-state index is 0.0334. The van der Waals surface area contributed by atoms with Crippen LogP contribution in [0, 0.1) is 6.92 Å². The number of hydrogen-bond donors (Lipinski definition) is 0. The summed E-state index contributed by atoms with van der Waals surface area (Å²) in [5.74, 6) is -2.55. The molecule has 38 heavy (non-hydrogen) atoms. The molecule has 3 aromatic rings. The van der Waals surface area contributed by atoms with Gasteiger partial charge in [0.05, 0.1) is 35.1 Å². The Balaban J connectivity index is 1.41. The number of halogens is 4. The number of amides is 1. The molecule has 0 spiro atoms. The minimum Gasteiger partial charge on any atom is -0.311 e. The van der Waals surface area contributed by atoms with Gasteiger partial charge in [-0.1, -0.05) is 53.9 Å². The summed E-state index contributed by atoms with van der Waals surface area (Å²) in [4.78, 5) is 15.7. The van der Waals surface area contributed by atoms with Crippen molar-refractivity contribution >= 4 is 29.1 Å². The summed E-state index contributed by atoms with van der Waals surface area (Å²) in [6.45, 7) is 4.52. The quantitative estimate of drug-likeness (QED) is 0.353. The van der Waals surface area contributed by atoms with Gasteiger partial charge in [-0.25, -0.2) is 13.8 Å². The predicted molar refractivity (Wildman–Crippen MR) is 146 cm³/mol. The Kier molecular flexibility index (Phi) is 6.75. The second kappa shape index (κ2) is 9.94. The van der Waals surface area contributed by atoms with Gasteiger partial charge in [0, 0.05) is 43.3 Å². The Morgan fingerprint density at radius 3 is 2.32 bits per heavy atom. The van der Waals surface area contributed by atoms with Gasteiger partial charge in [-0.05, 0) is 54.7 Å². The zero-order valence-corrected chi connectivity index (χ0v) is 22.8. The molecule has 6 rings (SSSR count). The third-order valence-electron chi connectivity index (χ3n) is 7.89. The van der Waals surface area contributed by atoms with Crippen LogP contribution >= 0.6 is 23.2 Å². The van der Waals surface area contributed by atoms with E-state index in [0.29, 0.717) is 29.6 Å². The summed E-state index contributed by atoms with van der Waals surface area (Å²) in [5, 5.41) is 5.19. The first-order valence-electron chi connectivity index (χ1n) is 13.2. The predicted octanol–water partition coefficient (Wildman–Crippen LogP) is 6.61. The molecule has 1 aromatic heterocycles. The van der Waals surface area contributed by atoms with Gasteiger partial charge in [0.1, 0.15) is 0 Å². The monoisotopic (exact) mass is 558 g/mol. The molecule has 0 saturated carbocycles. The van der Waals surface area contributed by atoms with Crippen LogP contribution in [-0.2, 0) is 13.0 Å². The summed E-state index contributed by atoms with van der Waals surface area (Å²) in [6.07, 6.45) is 4.11. The fourth-order valence-corrected chi connectivity index (χ4v) is 6.61. The van der Waals surface area contributed by atoms with E-state index in [0.717, 1.165) is 65.3 Å². The number of fused-ring (bicyclic) bond motifs is 1. The smallest absolute Gasteiger partial charge is 0.272 e. The zero-order valence-electron chi connectivity index (χ0n) is 21.3. The van der Waals surface area contributed by atoms with Crippen molar-refractivity contribution in [2.24, 2.45) is 0 Å². The first kappa shape index (κ1) is 25.8. The van der Waals surface area contributed by atoms with Crippen LogP contribution in [0.2, 0.25) is 10.0 Å². The Morgan fingerprint density at radius 1 is 0.947 bits per heavy atom. The van der Waals surface area contributed by atoms with Gasteiger partial charge in [-0.2, -0.15) is 0 Å². The van der Waals surface area contributed by atoms with Crippen molar-refractivity contribution in [3.05, 3.63) is 74.9 Å². The first-order chi connectivity index (χ1) is 18.2. The summed E-state index contributed by atoms with van der Waals surface area (Å²) in [7, 11) is 0. The molecule has 0 unspecified atom stereocenters. The van der Waals surface area contributed by atoms with Crippen LogP contribution in [0.15, 0.2) is 42.5 Å². The standard InChI is InChI=1S/C29H30Cl2F2N4O/c1-19-26-25(11-14-36(28(26)38)35-12-3-2-4-13-35)37(24-10-9-22(30)15-23(24)31)27(19)21-7-5-20(6-8-21)16-34-17-29(32,33)18-34/h5-10,15H,2-4,11-14,16-18H2,1H3. The van der Waals surface area contributed by atoms with Crippen LogP contribution in [0.1, 0.15) is 46.4 Å². The molecule has 0 atom stereocenters. The highest BCUT2D eigenvalue weighted by Gasteiger charge is 2.43. The molecule has 200 valence electrons. The number of hydrazine groups is 1. The van der Waals surface area contributed by atoms with Crippen molar-refractivity contribution in [1.29, 1.82) is 0 Å². The number of piperidine rings is 1. The van der Waals surface area contributed by atoms with Crippen molar-refractivity contribution in [1.82, 2.24) is 19.5 Å². The largest absolute Gasteiger partial charge is 0.311 e. The van der Waals surface area contributed by atoms with E-state index in [4.69, 9.17) is 23.2 Å². The van der Waals surface area contributed by atoms with E-state index in [9.17, 15) is 13.6 Å². The summed E-state index contributed by atoms with van der Waals surface area (Å²) < 4.78 is 28.7. The molecule has 0 N–H and O–H groups in total. The molecule has 2 saturated heterocycles. The van der Waals surface area contributed by atoms with Crippen molar-refractivity contribution in [3.63, 3.8) is 0 Å². The fourth-order valence-electron chi connectivity index (χ4n) is 6.12. The Morgan fingerprint density at radius 2 is 1.66 bits per heavy atom. The van der Waals surface area contributed by atoms with Crippen LogP contribution in [0.5, 0.6) is 0 Å². The summed E-state index contributed by atoms with van der Waals surface area (Å²) in [5.41, 5.74) is 6.20. The summed E-state index contributed by atoms with van der Waals surface area (Å²) >= 11 is 12.9. The highest BCUT2D eigenvalue weighted by Crippen LogP contribution is 2.40. The van der Waals surface area contributed by atoms with E-state index in [1.54, 1.807) is 11.0 Å². The van der Waals surface area contributed by atoms with Crippen LogP contribution in [-0.4, -0.2) is 64.0 Å². The van der Waals surface area contributed by atoms with Crippen molar-refractivity contribution in [3.8, 4) is 16.9 Å². The van der Waals surface area contributed by atoms with Gasteiger partial charge in [0.25, 0.3) is 11.8 Å². The third-order valence-corrected chi connectivity index (χ3v) is 8.43. The lowest BCUT2D eigenvalue weighted by Gasteiger charge is -2.39. The Bertz CT molecular complexity index is 1370. The lowest BCUT2D eigenvalue weighted by atomic mass is 10.0. The van der Waals surface area contributed by atoms with Gasteiger partial charge in [-0.15, -0.1) is 0 Å². The molecule has 3 aliphatic rings. The molecule has 2 fully saturated rings. The van der Waals surface area contributed by atoms with E-state index in [1.165, 1.54) is 6.42 Å². The number of aromatic nitrogens is 1. The van der Waals surface area contributed by atoms with Gasteiger partial charge in [-0.3, -0.25) is 14.7 Å². The molecule has 4 heterocycles.